The molecule has 0 radical (unpaired) electrons. The number of carbonyl (C=O) groups is 2. The maximum absolute atomic E-state index is 12.9. The van der Waals surface area contributed by atoms with Gasteiger partial charge in [-0.3, -0.25) is 9.59 Å². The van der Waals surface area contributed by atoms with E-state index in [0.29, 0.717) is 30.2 Å². The highest BCUT2D eigenvalue weighted by Gasteiger charge is 2.28. The molecule has 0 fully saturated rings. The standard InChI is InChI=1S/C26H26N2O4/c1-18(26(30)28-15-14-20-10-6-7-11-22(20)28)27-25(29)21-12-13-23(24(16-21)31-2)32-17-19-8-4-3-5-9-19/h3-13,16,18H,14-15,17H2,1-2H3,(H,27,29). The molecule has 0 bridgehead atoms. The first-order valence-corrected chi connectivity index (χ1v) is 10.6. The zero-order valence-corrected chi connectivity index (χ0v) is 18.2. The molecule has 2 amide bonds. The first-order valence-electron chi connectivity index (χ1n) is 10.6. The fourth-order valence-electron chi connectivity index (χ4n) is 3.81. The van der Waals surface area contributed by atoms with Gasteiger partial charge in [-0.2, -0.15) is 0 Å². The number of rotatable bonds is 7. The van der Waals surface area contributed by atoms with E-state index in [9.17, 15) is 9.59 Å². The van der Waals surface area contributed by atoms with Gasteiger partial charge in [0.2, 0.25) is 5.91 Å². The molecule has 0 aliphatic carbocycles. The number of nitrogens with zero attached hydrogens (tertiary/aromatic N) is 1. The van der Waals surface area contributed by atoms with Crippen LogP contribution in [0, 0.1) is 0 Å². The summed E-state index contributed by atoms with van der Waals surface area (Å²) in [6.07, 6.45) is 0.824. The molecular formula is C26H26N2O4. The van der Waals surface area contributed by atoms with Crippen molar-refractivity contribution in [3.8, 4) is 11.5 Å². The van der Waals surface area contributed by atoms with Crippen LogP contribution in [-0.2, 0) is 17.8 Å². The molecule has 1 heterocycles. The summed E-state index contributed by atoms with van der Waals surface area (Å²) in [7, 11) is 1.53. The number of methoxy groups -OCH3 is 1. The minimum atomic E-state index is -0.659. The van der Waals surface area contributed by atoms with Crippen molar-refractivity contribution in [3.63, 3.8) is 0 Å². The Balaban J connectivity index is 1.41. The van der Waals surface area contributed by atoms with E-state index in [2.05, 4.69) is 5.32 Å². The Bertz CT molecular complexity index is 1110. The van der Waals surface area contributed by atoms with Gasteiger partial charge in [-0.05, 0) is 48.7 Å². The van der Waals surface area contributed by atoms with Crippen LogP contribution in [0.15, 0.2) is 72.8 Å². The highest BCUT2D eigenvalue weighted by Crippen LogP contribution is 2.30. The lowest BCUT2D eigenvalue weighted by molar-refractivity contribution is -0.119. The second-order valence-electron chi connectivity index (χ2n) is 7.70. The van der Waals surface area contributed by atoms with Crippen molar-refractivity contribution in [1.82, 2.24) is 5.32 Å². The van der Waals surface area contributed by atoms with E-state index in [1.165, 1.54) is 7.11 Å². The highest BCUT2D eigenvalue weighted by molar-refractivity contribution is 6.03. The van der Waals surface area contributed by atoms with Crippen LogP contribution < -0.4 is 19.7 Å². The summed E-state index contributed by atoms with van der Waals surface area (Å²) < 4.78 is 11.3. The molecule has 3 aromatic carbocycles. The number of benzene rings is 3. The summed E-state index contributed by atoms with van der Waals surface area (Å²) in [5, 5.41) is 2.81. The van der Waals surface area contributed by atoms with Gasteiger partial charge >= 0.3 is 0 Å². The Morgan fingerprint density at radius 3 is 2.53 bits per heavy atom. The summed E-state index contributed by atoms with van der Waals surface area (Å²) in [5.74, 6) is 0.538. The molecule has 4 rings (SSSR count). The van der Waals surface area contributed by atoms with Crippen LogP contribution in [0.5, 0.6) is 11.5 Å². The van der Waals surface area contributed by atoms with E-state index in [0.717, 1.165) is 23.2 Å². The molecule has 0 spiro atoms. The molecule has 0 saturated heterocycles. The molecule has 1 aliphatic heterocycles. The third-order valence-corrected chi connectivity index (χ3v) is 5.53. The lowest BCUT2D eigenvalue weighted by atomic mass is 10.1. The molecule has 1 N–H and O–H groups in total. The molecule has 0 aromatic heterocycles. The van der Waals surface area contributed by atoms with E-state index < -0.39 is 6.04 Å². The van der Waals surface area contributed by atoms with Crippen molar-refractivity contribution in [2.75, 3.05) is 18.6 Å². The molecule has 1 atom stereocenters. The van der Waals surface area contributed by atoms with E-state index in [1.807, 2.05) is 54.6 Å². The summed E-state index contributed by atoms with van der Waals surface area (Å²) in [4.78, 5) is 27.5. The lowest BCUT2D eigenvalue weighted by Crippen LogP contribution is -2.46. The van der Waals surface area contributed by atoms with E-state index in [-0.39, 0.29) is 11.8 Å². The summed E-state index contributed by atoms with van der Waals surface area (Å²) in [6, 6.07) is 22.0. The van der Waals surface area contributed by atoms with Crippen molar-refractivity contribution in [1.29, 1.82) is 0 Å². The zero-order valence-electron chi connectivity index (χ0n) is 18.2. The van der Waals surface area contributed by atoms with Crippen LogP contribution in [-0.4, -0.2) is 31.5 Å². The number of nitrogens with one attached hydrogen (secondary N) is 1. The Hall–Kier alpha value is -3.80. The molecule has 32 heavy (non-hydrogen) atoms. The number of amides is 2. The molecule has 3 aromatic rings. The Kier molecular flexibility index (Phi) is 6.40. The van der Waals surface area contributed by atoms with Gasteiger partial charge in [0.15, 0.2) is 11.5 Å². The quantitative estimate of drug-likeness (QED) is 0.616. The topological polar surface area (TPSA) is 67.9 Å². The molecular weight excluding hydrogens is 404 g/mol. The van der Waals surface area contributed by atoms with Gasteiger partial charge in [-0.15, -0.1) is 0 Å². The van der Waals surface area contributed by atoms with Crippen molar-refractivity contribution < 1.29 is 19.1 Å². The third-order valence-electron chi connectivity index (χ3n) is 5.53. The van der Waals surface area contributed by atoms with E-state index in [1.54, 1.807) is 30.0 Å². The molecule has 1 aliphatic rings. The van der Waals surface area contributed by atoms with Crippen molar-refractivity contribution in [3.05, 3.63) is 89.5 Å². The number of hydrogen-bond acceptors (Lipinski definition) is 4. The van der Waals surface area contributed by atoms with Crippen LogP contribution in [0.3, 0.4) is 0 Å². The van der Waals surface area contributed by atoms with Gasteiger partial charge < -0.3 is 19.7 Å². The van der Waals surface area contributed by atoms with Crippen LogP contribution in [0.25, 0.3) is 0 Å². The predicted octanol–water partition coefficient (Wildman–Crippen LogP) is 3.98. The van der Waals surface area contributed by atoms with Crippen LogP contribution in [0.2, 0.25) is 0 Å². The second-order valence-corrected chi connectivity index (χ2v) is 7.70. The van der Waals surface area contributed by atoms with Gasteiger partial charge in [0.25, 0.3) is 5.91 Å². The average Bonchev–Trinajstić information content (AvgIpc) is 3.26. The second kappa shape index (κ2) is 9.56. The fourth-order valence-corrected chi connectivity index (χ4v) is 3.81. The van der Waals surface area contributed by atoms with Gasteiger partial charge in [0.05, 0.1) is 7.11 Å². The normalized spacial score (nSPS) is 13.2. The fraction of sp³-hybridized carbons (Fsp3) is 0.231. The first kappa shape index (κ1) is 21.4. The molecule has 164 valence electrons. The monoisotopic (exact) mass is 430 g/mol. The Morgan fingerprint density at radius 2 is 1.75 bits per heavy atom. The van der Waals surface area contributed by atoms with Crippen molar-refractivity contribution >= 4 is 17.5 Å². The molecule has 6 heteroatoms. The van der Waals surface area contributed by atoms with E-state index in [4.69, 9.17) is 9.47 Å². The number of carbonyl (C=O) groups excluding carboxylic acids is 2. The average molecular weight is 431 g/mol. The van der Waals surface area contributed by atoms with Crippen LogP contribution >= 0.6 is 0 Å². The number of anilines is 1. The maximum Gasteiger partial charge on any atom is 0.252 e. The first-order chi connectivity index (χ1) is 15.6. The number of para-hydroxylation sites is 1. The lowest BCUT2D eigenvalue weighted by Gasteiger charge is -2.22. The largest absolute Gasteiger partial charge is 0.493 e. The number of fused-ring (bicyclic) bond motifs is 1. The van der Waals surface area contributed by atoms with Crippen LogP contribution in [0.1, 0.15) is 28.4 Å². The molecule has 0 saturated carbocycles. The van der Waals surface area contributed by atoms with Gasteiger partial charge in [0.1, 0.15) is 12.6 Å². The van der Waals surface area contributed by atoms with E-state index >= 15 is 0 Å². The highest BCUT2D eigenvalue weighted by atomic mass is 16.5. The van der Waals surface area contributed by atoms with Crippen molar-refractivity contribution in [2.24, 2.45) is 0 Å². The van der Waals surface area contributed by atoms with Crippen LogP contribution in [0.4, 0.5) is 5.69 Å². The summed E-state index contributed by atoms with van der Waals surface area (Å²) in [6.45, 7) is 2.72. The van der Waals surface area contributed by atoms with Gasteiger partial charge in [0, 0.05) is 17.8 Å². The zero-order chi connectivity index (χ0) is 22.5. The SMILES string of the molecule is COc1cc(C(=O)NC(C)C(=O)N2CCc3ccccc32)ccc1OCc1ccccc1. The minimum absolute atomic E-state index is 0.127. The van der Waals surface area contributed by atoms with Crippen molar-refractivity contribution in [2.45, 2.75) is 26.0 Å². The number of hydrogen-bond donors (Lipinski definition) is 1. The smallest absolute Gasteiger partial charge is 0.252 e. The Labute approximate surface area is 187 Å². The molecule has 1 unspecified atom stereocenters. The van der Waals surface area contributed by atoms with Gasteiger partial charge in [-0.25, -0.2) is 0 Å². The minimum Gasteiger partial charge on any atom is -0.493 e. The maximum atomic E-state index is 12.9. The third kappa shape index (κ3) is 4.59. The predicted molar refractivity (Wildman–Crippen MR) is 123 cm³/mol. The number of ether oxygens (including phenoxy) is 2. The summed E-state index contributed by atoms with van der Waals surface area (Å²) in [5.41, 5.74) is 3.50. The molecule has 6 nitrogen and oxygen atoms in total. The summed E-state index contributed by atoms with van der Waals surface area (Å²) >= 11 is 0. The Morgan fingerprint density at radius 1 is 1.00 bits per heavy atom. The van der Waals surface area contributed by atoms with Gasteiger partial charge in [-0.1, -0.05) is 48.5 Å².